The minimum absolute atomic E-state index is 0.142. The number of ether oxygens (including phenoxy) is 1. The number of amides is 1. The fourth-order valence-electron chi connectivity index (χ4n) is 2.67. The van der Waals surface area contributed by atoms with Gasteiger partial charge in [0, 0.05) is 0 Å². The molecule has 19 heavy (non-hydrogen) atoms. The van der Waals surface area contributed by atoms with Crippen molar-refractivity contribution in [3.05, 3.63) is 0 Å². The van der Waals surface area contributed by atoms with Crippen molar-refractivity contribution in [3.63, 3.8) is 0 Å². The molecule has 0 bridgehead atoms. The van der Waals surface area contributed by atoms with Gasteiger partial charge in [0.05, 0.1) is 46.4 Å². The van der Waals surface area contributed by atoms with Crippen molar-refractivity contribution >= 4 is 6.09 Å². The summed E-state index contributed by atoms with van der Waals surface area (Å²) in [5.41, 5.74) is 0. The number of likely N-dealkylation sites (N-methyl/N-ethyl adjacent to an activating group) is 1. The largest absolute Gasteiger partial charge is 0.450 e. The molecular weight excluding hydrogens is 240 g/mol. The molecule has 0 aromatic carbocycles. The quantitative estimate of drug-likeness (QED) is 0.526. The molecule has 112 valence electrons. The molecule has 1 saturated heterocycles. The molecule has 0 aromatic rings. The number of hydrogen-bond donors (Lipinski definition) is 0. The lowest BCUT2D eigenvalue weighted by Crippen LogP contribution is -2.58. The van der Waals surface area contributed by atoms with Crippen LogP contribution < -0.4 is 0 Å². The summed E-state index contributed by atoms with van der Waals surface area (Å²) in [6.07, 6.45) is 6.56. The van der Waals surface area contributed by atoms with Crippen LogP contribution in [0.2, 0.25) is 0 Å². The van der Waals surface area contributed by atoms with Gasteiger partial charge in [-0.25, -0.2) is 4.79 Å². The molecule has 0 N–H and O–H groups in total. The summed E-state index contributed by atoms with van der Waals surface area (Å²) in [4.78, 5) is 13.5. The molecule has 0 aromatic heterocycles. The van der Waals surface area contributed by atoms with Gasteiger partial charge in [-0.05, 0) is 19.8 Å². The maximum atomic E-state index is 11.6. The van der Waals surface area contributed by atoms with E-state index in [0.29, 0.717) is 6.61 Å². The first-order valence-corrected chi connectivity index (χ1v) is 7.86. The van der Waals surface area contributed by atoms with E-state index in [4.69, 9.17) is 4.74 Å². The Morgan fingerprint density at radius 2 is 1.74 bits per heavy atom. The van der Waals surface area contributed by atoms with Gasteiger partial charge in [-0.15, -0.1) is 0 Å². The number of rotatable bonds is 7. The van der Waals surface area contributed by atoms with Gasteiger partial charge in [-0.1, -0.05) is 26.2 Å². The summed E-state index contributed by atoms with van der Waals surface area (Å²) in [5.74, 6) is 0. The van der Waals surface area contributed by atoms with Crippen molar-refractivity contribution in [1.82, 2.24) is 4.90 Å². The highest BCUT2D eigenvalue weighted by Gasteiger charge is 2.30. The van der Waals surface area contributed by atoms with Gasteiger partial charge >= 0.3 is 6.09 Å². The first-order chi connectivity index (χ1) is 9.11. The molecule has 1 aliphatic heterocycles. The summed E-state index contributed by atoms with van der Waals surface area (Å²) >= 11 is 0. The highest BCUT2D eigenvalue weighted by Crippen LogP contribution is 2.14. The maximum absolute atomic E-state index is 11.6. The molecule has 1 rings (SSSR count). The second kappa shape index (κ2) is 8.41. The van der Waals surface area contributed by atoms with Gasteiger partial charge in [0.1, 0.15) is 0 Å². The minimum atomic E-state index is -0.142. The SMILES string of the molecule is CCCCCCC[N+]1(C)CCN(C(=O)OCC)CC1. The minimum Gasteiger partial charge on any atom is -0.450 e. The predicted molar refractivity (Wildman–Crippen MR) is 78.1 cm³/mol. The fraction of sp³-hybridized carbons (Fsp3) is 0.933. The van der Waals surface area contributed by atoms with E-state index in [0.717, 1.165) is 30.7 Å². The zero-order valence-corrected chi connectivity index (χ0v) is 13.0. The van der Waals surface area contributed by atoms with Crippen LogP contribution in [0, 0.1) is 0 Å². The lowest BCUT2D eigenvalue weighted by Gasteiger charge is -2.41. The van der Waals surface area contributed by atoms with E-state index in [9.17, 15) is 4.79 Å². The Kier molecular flexibility index (Phi) is 7.21. The molecule has 0 unspecified atom stereocenters. The number of unbranched alkanes of at least 4 members (excludes halogenated alkanes) is 4. The average Bonchev–Trinajstić information content (AvgIpc) is 2.39. The molecule has 0 radical (unpaired) electrons. The third kappa shape index (κ3) is 5.81. The van der Waals surface area contributed by atoms with Gasteiger partial charge < -0.3 is 9.22 Å². The number of quaternary nitrogens is 1. The number of carbonyl (C=O) groups excluding carboxylic acids is 1. The Morgan fingerprint density at radius 1 is 1.11 bits per heavy atom. The van der Waals surface area contributed by atoms with E-state index in [1.54, 1.807) is 0 Å². The zero-order valence-electron chi connectivity index (χ0n) is 13.0. The highest BCUT2D eigenvalue weighted by atomic mass is 16.6. The molecule has 4 heteroatoms. The van der Waals surface area contributed by atoms with Gasteiger partial charge in [0.15, 0.2) is 0 Å². The van der Waals surface area contributed by atoms with Gasteiger partial charge in [0.25, 0.3) is 0 Å². The number of carbonyl (C=O) groups is 1. The average molecular weight is 271 g/mol. The first-order valence-electron chi connectivity index (χ1n) is 7.86. The summed E-state index contributed by atoms with van der Waals surface area (Å²) < 4.78 is 6.17. The summed E-state index contributed by atoms with van der Waals surface area (Å²) in [7, 11) is 2.32. The Hall–Kier alpha value is -0.770. The number of hydrogen-bond acceptors (Lipinski definition) is 2. The third-order valence-corrected chi connectivity index (χ3v) is 4.15. The zero-order chi connectivity index (χ0) is 14.1. The Morgan fingerprint density at radius 3 is 2.32 bits per heavy atom. The van der Waals surface area contributed by atoms with E-state index in [-0.39, 0.29) is 6.09 Å². The summed E-state index contributed by atoms with van der Waals surface area (Å²) in [5, 5.41) is 0. The van der Waals surface area contributed by atoms with Crippen LogP contribution in [0.3, 0.4) is 0 Å². The molecule has 1 heterocycles. The topological polar surface area (TPSA) is 29.5 Å². The van der Waals surface area contributed by atoms with Crippen LogP contribution in [0.4, 0.5) is 4.79 Å². The van der Waals surface area contributed by atoms with E-state index >= 15 is 0 Å². The Labute approximate surface area is 118 Å². The standard InChI is InChI=1S/C15H31N2O2/c1-4-6-7-8-9-12-17(3)13-10-16(11-14-17)15(18)19-5-2/h4-14H2,1-3H3/q+1. The fourth-order valence-corrected chi connectivity index (χ4v) is 2.67. The van der Waals surface area contributed by atoms with Crippen LogP contribution in [-0.2, 0) is 4.74 Å². The number of nitrogens with zero attached hydrogens (tertiary/aromatic N) is 2. The van der Waals surface area contributed by atoms with E-state index in [1.165, 1.54) is 38.6 Å². The summed E-state index contributed by atoms with van der Waals surface area (Å²) in [6.45, 7) is 9.63. The smallest absolute Gasteiger partial charge is 0.410 e. The molecule has 1 fully saturated rings. The van der Waals surface area contributed by atoms with Crippen LogP contribution in [0.1, 0.15) is 46.0 Å². The normalized spacial score (nSPS) is 18.4. The lowest BCUT2D eigenvalue weighted by molar-refractivity contribution is -0.913. The third-order valence-electron chi connectivity index (χ3n) is 4.15. The van der Waals surface area contributed by atoms with Gasteiger partial charge in [-0.2, -0.15) is 0 Å². The molecule has 0 atom stereocenters. The molecular formula is C15H31N2O2+. The molecule has 0 aliphatic carbocycles. The first kappa shape index (κ1) is 16.3. The molecule has 0 saturated carbocycles. The second-order valence-corrected chi connectivity index (χ2v) is 5.89. The lowest BCUT2D eigenvalue weighted by atomic mass is 10.1. The molecule has 4 nitrogen and oxygen atoms in total. The molecule has 1 amide bonds. The van der Waals surface area contributed by atoms with Crippen LogP contribution in [-0.4, -0.2) is 61.9 Å². The van der Waals surface area contributed by atoms with Crippen LogP contribution in [0.25, 0.3) is 0 Å². The predicted octanol–water partition coefficient (Wildman–Crippen LogP) is 2.88. The Bertz CT molecular complexity index is 261. The number of piperazine rings is 1. The van der Waals surface area contributed by atoms with E-state index in [1.807, 2.05) is 11.8 Å². The maximum Gasteiger partial charge on any atom is 0.410 e. The van der Waals surface area contributed by atoms with Crippen molar-refractivity contribution < 1.29 is 14.0 Å². The molecule has 0 spiro atoms. The van der Waals surface area contributed by atoms with Crippen molar-refractivity contribution in [2.75, 3.05) is 46.4 Å². The monoisotopic (exact) mass is 271 g/mol. The van der Waals surface area contributed by atoms with Crippen molar-refractivity contribution in [3.8, 4) is 0 Å². The van der Waals surface area contributed by atoms with Crippen molar-refractivity contribution in [2.24, 2.45) is 0 Å². The van der Waals surface area contributed by atoms with E-state index < -0.39 is 0 Å². The summed E-state index contributed by atoms with van der Waals surface area (Å²) in [6, 6.07) is 0. The Balaban J connectivity index is 2.21. The van der Waals surface area contributed by atoms with E-state index in [2.05, 4.69) is 14.0 Å². The van der Waals surface area contributed by atoms with Crippen molar-refractivity contribution in [1.29, 1.82) is 0 Å². The van der Waals surface area contributed by atoms with Gasteiger partial charge in [0.2, 0.25) is 0 Å². The second-order valence-electron chi connectivity index (χ2n) is 5.89. The van der Waals surface area contributed by atoms with Gasteiger partial charge in [-0.3, -0.25) is 4.90 Å². The van der Waals surface area contributed by atoms with Crippen LogP contribution >= 0.6 is 0 Å². The van der Waals surface area contributed by atoms with Crippen LogP contribution in [0.5, 0.6) is 0 Å². The van der Waals surface area contributed by atoms with Crippen molar-refractivity contribution in [2.45, 2.75) is 46.0 Å². The van der Waals surface area contributed by atoms with Crippen LogP contribution in [0.15, 0.2) is 0 Å². The highest BCUT2D eigenvalue weighted by molar-refractivity contribution is 5.67. The molecule has 1 aliphatic rings.